The smallest absolute Gasteiger partial charge is 0.395 e. The summed E-state index contributed by atoms with van der Waals surface area (Å²) in [7, 11) is 0. The van der Waals surface area contributed by atoms with Crippen LogP contribution in [-0.2, 0) is 6.18 Å². The summed E-state index contributed by atoms with van der Waals surface area (Å²) in [5.41, 5.74) is -0.858. The molecule has 1 rings (SSSR count). The Morgan fingerprint density at radius 1 is 1.39 bits per heavy atom. The maximum atomic E-state index is 12.6. The van der Waals surface area contributed by atoms with E-state index in [2.05, 4.69) is 26.6 Å². The molecule has 3 N–H and O–H groups in total. The van der Waals surface area contributed by atoms with Crippen LogP contribution < -0.4 is 10.6 Å². The third-order valence-electron chi connectivity index (χ3n) is 1.93. The first kappa shape index (κ1) is 14.8. The van der Waals surface area contributed by atoms with Crippen molar-refractivity contribution in [2.24, 2.45) is 0 Å². The zero-order chi connectivity index (χ0) is 13.8. The molecule has 0 aliphatic carbocycles. The van der Waals surface area contributed by atoms with Crippen LogP contribution in [0.15, 0.2) is 22.7 Å². The van der Waals surface area contributed by atoms with Crippen LogP contribution in [-0.4, -0.2) is 24.3 Å². The van der Waals surface area contributed by atoms with Crippen molar-refractivity contribution >= 4 is 27.6 Å². The van der Waals surface area contributed by atoms with E-state index in [-0.39, 0.29) is 23.3 Å². The van der Waals surface area contributed by atoms with E-state index >= 15 is 0 Å². The van der Waals surface area contributed by atoms with Crippen LogP contribution >= 0.6 is 15.9 Å². The number of rotatable bonds is 3. The van der Waals surface area contributed by atoms with E-state index in [1.165, 1.54) is 12.1 Å². The van der Waals surface area contributed by atoms with Crippen LogP contribution in [0.4, 0.5) is 23.7 Å². The first-order valence-corrected chi connectivity index (χ1v) is 5.66. The Morgan fingerprint density at radius 3 is 2.61 bits per heavy atom. The highest BCUT2D eigenvalue weighted by Crippen LogP contribution is 2.36. The molecule has 8 heteroatoms. The van der Waals surface area contributed by atoms with Gasteiger partial charge in [-0.3, -0.25) is 0 Å². The molecule has 0 radical (unpaired) electrons. The predicted molar refractivity (Wildman–Crippen MR) is 63.3 cm³/mol. The highest BCUT2D eigenvalue weighted by Gasteiger charge is 2.33. The number of benzene rings is 1. The fraction of sp³-hybridized carbons (Fsp3) is 0.300. The molecule has 0 unspecified atom stereocenters. The van der Waals surface area contributed by atoms with Gasteiger partial charge in [0.05, 0.1) is 12.2 Å². The van der Waals surface area contributed by atoms with Crippen molar-refractivity contribution in [3.05, 3.63) is 28.2 Å². The summed E-state index contributed by atoms with van der Waals surface area (Å²) in [6.45, 7) is -0.226. The second-order valence-electron chi connectivity index (χ2n) is 3.30. The number of hydrogen-bond acceptors (Lipinski definition) is 2. The van der Waals surface area contributed by atoms with Crippen molar-refractivity contribution in [1.82, 2.24) is 5.32 Å². The van der Waals surface area contributed by atoms with Crippen LogP contribution in [0.5, 0.6) is 0 Å². The molecule has 2 amide bonds. The maximum absolute atomic E-state index is 12.6. The summed E-state index contributed by atoms with van der Waals surface area (Å²) in [6, 6.07) is 2.67. The molecule has 1 aromatic carbocycles. The Morgan fingerprint density at radius 2 is 2.06 bits per heavy atom. The summed E-state index contributed by atoms with van der Waals surface area (Å²) >= 11 is 2.79. The topological polar surface area (TPSA) is 61.4 Å². The van der Waals surface area contributed by atoms with E-state index in [9.17, 15) is 18.0 Å². The van der Waals surface area contributed by atoms with Crippen LogP contribution in [0.25, 0.3) is 0 Å². The van der Waals surface area contributed by atoms with Crippen molar-refractivity contribution in [3.8, 4) is 0 Å². The number of amides is 2. The molecule has 4 nitrogen and oxygen atoms in total. The van der Waals surface area contributed by atoms with Gasteiger partial charge in [-0.1, -0.05) is 15.9 Å². The van der Waals surface area contributed by atoms with E-state index in [0.29, 0.717) is 0 Å². The van der Waals surface area contributed by atoms with E-state index in [1.807, 2.05) is 0 Å². The van der Waals surface area contributed by atoms with E-state index in [1.54, 1.807) is 0 Å². The van der Waals surface area contributed by atoms with Crippen LogP contribution in [0, 0.1) is 0 Å². The lowest BCUT2D eigenvalue weighted by Gasteiger charge is -2.12. The lowest BCUT2D eigenvalue weighted by molar-refractivity contribution is -0.138. The molecular weight excluding hydrogens is 317 g/mol. The summed E-state index contributed by atoms with van der Waals surface area (Å²) in [4.78, 5) is 11.2. The van der Waals surface area contributed by atoms with Crippen molar-refractivity contribution < 1.29 is 23.1 Å². The number of carbonyl (C=O) groups excluding carboxylic acids is 1. The van der Waals surface area contributed by atoms with Crippen LogP contribution in [0.1, 0.15) is 5.56 Å². The number of nitrogens with one attached hydrogen (secondary N) is 2. The van der Waals surface area contributed by atoms with Crippen LogP contribution in [0.3, 0.4) is 0 Å². The first-order valence-electron chi connectivity index (χ1n) is 4.87. The average molecular weight is 327 g/mol. The molecule has 1 aromatic rings. The third-order valence-corrected chi connectivity index (χ3v) is 2.62. The van der Waals surface area contributed by atoms with Gasteiger partial charge in [-0.25, -0.2) is 4.79 Å². The summed E-state index contributed by atoms with van der Waals surface area (Å²) in [6.07, 6.45) is -4.50. The molecule has 100 valence electrons. The van der Waals surface area contributed by atoms with Gasteiger partial charge < -0.3 is 15.7 Å². The standard InChI is InChI=1S/C10H10BrF3N2O2/c11-8-2-1-6(5-7(8)10(12,13)14)16-9(18)15-3-4-17/h1-2,5,17H,3-4H2,(H2,15,16,18). The summed E-state index contributed by atoms with van der Waals surface area (Å²) in [5.74, 6) is 0. The van der Waals surface area contributed by atoms with Gasteiger partial charge in [0.1, 0.15) is 0 Å². The SMILES string of the molecule is O=C(NCCO)Nc1ccc(Br)c(C(F)(F)F)c1. The van der Waals surface area contributed by atoms with Gasteiger partial charge in [-0.2, -0.15) is 13.2 Å². The summed E-state index contributed by atoms with van der Waals surface area (Å²) < 4.78 is 37.6. The van der Waals surface area contributed by atoms with Gasteiger partial charge in [-0.05, 0) is 18.2 Å². The molecule has 0 saturated carbocycles. The third kappa shape index (κ3) is 4.19. The minimum absolute atomic E-state index is 0.0148. The second-order valence-corrected chi connectivity index (χ2v) is 4.15. The number of carbonyl (C=O) groups is 1. The van der Waals surface area contributed by atoms with Crippen molar-refractivity contribution in [2.45, 2.75) is 6.18 Å². The second kappa shape index (κ2) is 6.05. The van der Waals surface area contributed by atoms with E-state index in [4.69, 9.17) is 5.11 Å². The minimum atomic E-state index is -4.50. The van der Waals surface area contributed by atoms with Crippen LogP contribution in [0.2, 0.25) is 0 Å². The number of alkyl halides is 3. The zero-order valence-electron chi connectivity index (χ0n) is 9.01. The largest absolute Gasteiger partial charge is 0.417 e. The van der Waals surface area contributed by atoms with Gasteiger partial charge >= 0.3 is 12.2 Å². The Hall–Kier alpha value is -1.28. The maximum Gasteiger partial charge on any atom is 0.417 e. The number of anilines is 1. The minimum Gasteiger partial charge on any atom is -0.395 e. The zero-order valence-corrected chi connectivity index (χ0v) is 10.6. The number of hydrogen-bond donors (Lipinski definition) is 3. The van der Waals surface area contributed by atoms with Crippen molar-refractivity contribution in [2.75, 3.05) is 18.5 Å². The quantitative estimate of drug-likeness (QED) is 0.799. The molecule has 0 bridgehead atoms. The molecule has 0 saturated heterocycles. The molecule has 0 fully saturated rings. The molecule has 0 aromatic heterocycles. The molecule has 0 atom stereocenters. The molecule has 0 heterocycles. The monoisotopic (exact) mass is 326 g/mol. The Balaban J connectivity index is 2.83. The fourth-order valence-corrected chi connectivity index (χ4v) is 1.64. The molecule has 0 aliphatic rings. The summed E-state index contributed by atoms with van der Waals surface area (Å²) in [5, 5.41) is 13.0. The van der Waals surface area contributed by atoms with Gasteiger partial charge in [0.15, 0.2) is 0 Å². The van der Waals surface area contributed by atoms with Gasteiger partial charge in [0.2, 0.25) is 0 Å². The number of aliphatic hydroxyl groups excluding tert-OH is 1. The van der Waals surface area contributed by atoms with Gasteiger partial charge in [-0.15, -0.1) is 0 Å². The predicted octanol–water partition coefficient (Wildman–Crippen LogP) is 2.58. The number of halogens is 4. The van der Waals surface area contributed by atoms with E-state index < -0.39 is 17.8 Å². The Bertz CT molecular complexity index is 438. The van der Waals surface area contributed by atoms with E-state index in [0.717, 1.165) is 6.07 Å². The molecule has 0 spiro atoms. The van der Waals surface area contributed by atoms with Crippen molar-refractivity contribution in [3.63, 3.8) is 0 Å². The molecule has 18 heavy (non-hydrogen) atoms. The highest BCUT2D eigenvalue weighted by atomic mass is 79.9. The lowest BCUT2D eigenvalue weighted by atomic mass is 10.2. The number of aliphatic hydroxyl groups is 1. The average Bonchev–Trinajstić information content (AvgIpc) is 2.27. The molecule has 0 aliphatic heterocycles. The lowest BCUT2D eigenvalue weighted by Crippen LogP contribution is -2.31. The molecular formula is C10H10BrF3N2O2. The fourth-order valence-electron chi connectivity index (χ4n) is 1.16. The van der Waals surface area contributed by atoms with Gasteiger partial charge in [0, 0.05) is 16.7 Å². The normalized spacial score (nSPS) is 11.2. The van der Waals surface area contributed by atoms with Crippen molar-refractivity contribution in [1.29, 1.82) is 0 Å². The number of urea groups is 1. The Labute approximate surface area is 109 Å². The Kier molecular flexibility index (Phi) is 4.97. The van der Waals surface area contributed by atoms with Gasteiger partial charge in [0.25, 0.3) is 0 Å². The highest BCUT2D eigenvalue weighted by molar-refractivity contribution is 9.10. The first-order chi connectivity index (χ1) is 8.34.